The van der Waals surface area contributed by atoms with Crippen molar-refractivity contribution in [2.75, 3.05) is 13.7 Å². The molecule has 5 heteroatoms. The number of carbonyl (C=O) groups is 2. The van der Waals surface area contributed by atoms with Crippen LogP contribution in [-0.2, 0) is 9.53 Å². The van der Waals surface area contributed by atoms with Crippen molar-refractivity contribution >= 4 is 11.9 Å². The molecule has 1 aliphatic rings. The van der Waals surface area contributed by atoms with E-state index in [0.717, 1.165) is 19.3 Å². The van der Waals surface area contributed by atoms with E-state index < -0.39 is 5.82 Å². The van der Waals surface area contributed by atoms with Crippen molar-refractivity contribution in [2.45, 2.75) is 31.7 Å². The lowest BCUT2D eigenvalue weighted by molar-refractivity contribution is -0.142. The predicted octanol–water partition coefficient (Wildman–Crippen LogP) is 2.38. The molecule has 4 nitrogen and oxygen atoms in total. The molecule has 0 bridgehead atoms. The lowest BCUT2D eigenvalue weighted by Gasteiger charge is -2.35. The molecule has 108 valence electrons. The maximum absolute atomic E-state index is 13.2. The highest BCUT2D eigenvalue weighted by atomic mass is 19.1. The largest absolute Gasteiger partial charge is 0.469 e. The van der Waals surface area contributed by atoms with Gasteiger partial charge in [-0.25, -0.2) is 4.39 Å². The van der Waals surface area contributed by atoms with Gasteiger partial charge in [0.2, 0.25) is 0 Å². The van der Waals surface area contributed by atoms with Gasteiger partial charge >= 0.3 is 5.97 Å². The van der Waals surface area contributed by atoms with Gasteiger partial charge in [-0.1, -0.05) is 6.07 Å². The molecule has 1 atom stereocenters. The molecule has 1 saturated heterocycles. The summed E-state index contributed by atoms with van der Waals surface area (Å²) >= 11 is 0. The number of piperidine rings is 1. The molecule has 0 aliphatic carbocycles. The molecule has 20 heavy (non-hydrogen) atoms. The average molecular weight is 279 g/mol. The lowest BCUT2D eigenvalue weighted by Crippen LogP contribution is -2.44. The first-order valence-corrected chi connectivity index (χ1v) is 6.75. The van der Waals surface area contributed by atoms with Crippen molar-refractivity contribution < 1.29 is 18.7 Å². The number of esters is 1. The van der Waals surface area contributed by atoms with Crippen LogP contribution in [0.3, 0.4) is 0 Å². The standard InChI is InChI=1S/C15H18FNO3/c1-20-14(18)10-13-7-2-3-8-17(13)15(19)11-5-4-6-12(16)9-11/h4-6,9,13H,2-3,7-8,10H2,1H3. The first kappa shape index (κ1) is 14.5. The highest BCUT2D eigenvalue weighted by molar-refractivity contribution is 5.94. The molecule has 1 unspecified atom stereocenters. The van der Waals surface area contributed by atoms with Gasteiger partial charge in [0.25, 0.3) is 5.91 Å². The number of rotatable bonds is 3. The molecule has 1 heterocycles. The Bertz CT molecular complexity index is 504. The summed E-state index contributed by atoms with van der Waals surface area (Å²) in [5, 5.41) is 0. The monoisotopic (exact) mass is 279 g/mol. The van der Waals surface area contributed by atoms with Crippen LogP contribution in [0.2, 0.25) is 0 Å². The van der Waals surface area contributed by atoms with Crippen LogP contribution in [0, 0.1) is 5.82 Å². The van der Waals surface area contributed by atoms with E-state index >= 15 is 0 Å². The predicted molar refractivity (Wildman–Crippen MR) is 71.7 cm³/mol. The van der Waals surface area contributed by atoms with E-state index in [2.05, 4.69) is 4.74 Å². The number of amides is 1. The van der Waals surface area contributed by atoms with Crippen molar-refractivity contribution in [1.82, 2.24) is 4.90 Å². The van der Waals surface area contributed by atoms with Crippen molar-refractivity contribution in [3.63, 3.8) is 0 Å². The molecule has 1 aromatic rings. The number of methoxy groups -OCH3 is 1. The molecule has 0 N–H and O–H groups in total. The second-order valence-corrected chi connectivity index (χ2v) is 4.94. The fourth-order valence-corrected chi connectivity index (χ4v) is 2.54. The molecule has 0 spiro atoms. The first-order valence-electron chi connectivity index (χ1n) is 6.75. The number of halogens is 1. The summed E-state index contributed by atoms with van der Waals surface area (Å²) in [5.74, 6) is -0.982. The topological polar surface area (TPSA) is 46.6 Å². The Kier molecular flexibility index (Phi) is 4.71. The zero-order valence-corrected chi connectivity index (χ0v) is 11.5. The van der Waals surface area contributed by atoms with Crippen LogP contribution in [0.25, 0.3) is 0 Å². The van der Waals surface area contributed by atoms with Gasteiger partial charge in [-0.05, 0) is 37.5 Å². The van der Waals surface area contributed by atoms with E-state index in [1.807, 2.05) is 0 Å². The quantitative estimate of drug-likeness (QED) is 0.798. The second kappa shape index (κ2) is 6.50. The third-order valence-electron chi connectivity index (χ3n) is 3.59. The summed E-state index contributed by atoms with van der Waals surface area (Å²) in [6.45, 7) is 0.594. The SMILES string of the molecule is COC(=O)CC1CCCCN1C(=O)c1cccc(F)c1. The second-order valence-electron chi connectivity index (χ2n) is 4.94. The number of benzene rings is 1. The minimum atomic E-state index is -0.433. The third kappa shape index (κ3) is 3.35. The molecule has 0 aromatic heterocycles. The summed E-state index contributed by atoms with van der Waals surface area (Å²) in [5.41, 5.74) is 0.321. The molecule has 0 radical (unpaired) electrons. The number of ether oxygens (including phenoxy) is 1. The van der Waals surface area contributed by atoms with E-state index in [0.29, 0.717) is 12.1 Å². The molecular formula is C15H18FNO3. The van der Waals surface area contributed by atoms with Crippen molar-refractivity contribution in [3.8, 4) is 0 Å². The van der Waals surface area contributed by atoms with E-state index in [1.165, 1.54) is 25.3 Å². The van der Waals surface area contributed by atoms with Gasteiger partial charge in [-0.2, -0.15) is 0 Å². The van der Waals surface area contributed by atoms with E-state index in [1.54, 1.807) is 11.0 Å². The van der Waals surface area contributed by atoms with Crippen LogP contribution in [0.15, 0.2) is 24.3 Å². The summed E-state index contributed by atoms with van der Waals surface area (Å²) in [7, 11) is 1.34. The minimum absolute atomic E-state index is 0.160. The summed E-state index contributed by atoms with van der Waals surface area (Å²) in [6.07, 6.45) is 2.85. The maximum Gasteiger partial charge on any atom is 0.307 e. The van der Waals surface area contributed by atoms with Gasteiger partial charge in [0, 0.05) is 18.2 Å². The molecule has 0 saturated carbocycles. The molecule has 1 amide bonds. The normalized spacial score (nSPS) is 18.7. The molecule has 2 rings (SSSR count). The number of carbonyl (C=O) groups excluding carboxylic acids is 2. The van der Waals surface area contributed by atoms with Crippen LogP contribution in [0.4, 0.5) is 4.39 Å². The van der Waals surface area contributed by atoms with E-state index in [-0.39, 0.29) is 24.3 Å². The van der Waals surface area contributed by atoms with Crippen LogP contribution in [0.1, 0.15) is 36.0 Å². The Morgan fingerprint density at radius 1 is 1.40 bits per heavy atom. The maximum atomic E-state index is 13.2. The Hall–Kier alpha value is -1.91. The molecule has 1 aromatic carbocycles. The molecule has 1 fully saturated rings. The summed E-state index contributed by atoms with van der Waals surface area (Å²) in [4.78, 5) is 25.5. The Balaban J connectivity index is 2.15. The Morgan fingerprint density at radius 2 is 2.20 bits per heavy atom. The number of likely N-dealkylation sites (tertiary alicyclic amines) is 1. The highest BCUT2D eigenvalue weighted by Gasteiger charge is 2.29. The Labute approximate surface area is 117 Å². The van der Waals surface area contributed by atoms with E-state index in [4.69, 9.17) is 0 Å². The van der Waals surface area contributed by atoms with Gasteiger partial charge < -0.3 is 9.64 Å². The molecule has 1 aliphatic heterocycles. The third-order valence-corrected chi connectivity index (χ3v) is 3.59. The van der Waals surface area contributed by atoms with Crippen molar-refractivity contribution in [3.05, 3.63) is 35.6 Å². The van der Waals surface area contributed by atoms with Crippen molar-refractivity contribution in [2.24, 2.45) is 0 Å². The number of hydrogen-bond donors (Lipinski definition) is 0. The number of hydrogen-bond acceptors (Lipinski definition) is 3. The van der Waals surface area contributed by atoms with Gasteiger partial charge in [0.05, 0.1) is 13.5 Å². The zero-order chi connectivity index (χ0) is 14.5. The highest BCUT2D eigenvalue weighted by Crippen LogP contribution is 2.22. The summed E-state index contributed by atoms with van der Waals surface area (Å²) < 4.78 is 17.9. The molecular weight excluding hydrogens is 261 g/mol. The lowest BCUT2D eigenvalue weighted by atomic mass is 9.98. The van der Waals surface area contributed by atoms with Gasteiger partial charge in [-0.15, -0.1) is 0 Å². The zero-order valence-electron chi connectivity index (χ0n) is 11.5. The van der Waals surface area contributed by atoms with Crippen LogP contribution >= 0.6 is 0 Å². The van der Waals surface area contributed by atoms with Gasteiger partial charge in [-0.3, -0.25) is 9.59 Å². The van der Waals surface area contributed by atoms with Crippen LogP contribution in [-0.4, -0.2) is 36.5 Å². The fourth-order valence-electron chi connectivity index (χ4n) is 2.54. The van der Waals surface area contributed by atoms with Gasteiger partial charge in [0.1, 0.15) is 5.82 Å². The van der Waals surface area contributed by atoms with Crippen LogP contribution < -0.4 is 0 Å². The fraction of sp³-hybridized carbons (Fsp3) is 0.467. The first-order chi connectivity index (χ1) is 9.61. The number of nitrogens with zero attached hydrogens (tertiary/aromatic N) is 1. The van der Waals surface area contributed by atoms with Crippen LogP contribution in [0.5, 0.6) is 0 Å². The average Bonchev–Trinajstić information content (AvgIpc) is 2.47. The van der Waals surface area contributed by atoms with Gasteiger partial charge in [0.15, 0.2) is 0 Å². The minimum Gasteiger partial charge on any atom is -0.469 e. The van der Waals surface area contributed by atoms with E-state index in [9.17, 15) is 14.0 Å². The Morgan fingerprint density at radius 3 is 2.90 bits per heavy atom. The van der Waals surface area contributed by atoms with Crippen molar-refractivity contribution in [1.29, 1.82) is 0 Å². The summed E-state index contributed by atoms with van der Waals surface area (Å²) in [6, 6.07) is 5.48. The smallest absolute Gasteiger partial charge is 0.307 e.